The van der Waals surface area contributed by atoms with Gasteiger partial charge in [-0.05, 0) is 37.8 Å². The topological polar surface area (TPSA) is 84.4 Å². The van der Waals surface area contributed by atoms with Gasteiger partial charge >= 0.3 is 5.97 Å². The SMILES string of the molecule is CCOC(=O)c1ccccc1NC(=O)c1cc(N2CCC(C)CC2)ncn1. The molecular formula is C20H24N4O3. The van der Waals surface area contributed by atoms with E-state index in [-0.39, 0.29) is 18.2 Å². The highest BCUT2D eigenvalue weighted by atomic mass is 16.5. The lowest BCUT2D eigenvalue weighted by Crippen LogP contribution is -2.33. The number of nitrogens with zero attached hydrogens (tertiary/aromatic N) is 3. The Morgan fingerprint density at radius 1 is 1.22 bits per heavy atom. The number of nitrogens with one attached hydrogen (secondary N) is 1. The van der Waals surface area contributed by atoms with E-state index in [1.54, 1.807) is 37.3 Å². The molecule has 1 aliphatic heterocycles. The van der Waals surface area contributed by atoms with Crippen LogP contribution in [-0.4, -0.2) is 41.5 Å². The molecule has 1 N–H and O–H groups in total. The smallest absolute Gasteiger partial charge is 0.340 e. The Kier molecular flexibility index (Phi) is 6.01. The van der Waals surface area contributed by atoms with Gasteiger partial charge in [0.25, 0.3) is 5.91 Å². The molecule has 1 aromatic carbocycles. The standard InChI is InChI=1S/C20H24N4O3/c1-3-27-20(26)15-6-4-5-7-16(15)23-19(25)17-12-18(22-13-21-17)24-10-8-14(2)9-11-24/h4-7,12-14H,3,8-11H2,1-2H3,(H,23,25). The zero-order valence-electron chi connectivity index (χ0n) is 15.6. The molecule has 7 nitrogen and oxygen atoms in total. The summed E-state index contributed by atoms with van der Waals surface area (Å²) in [5, 5.41) is 2.75. The second-order valence-electron chi connectivity index (χ2n) is 6.65. The number of rotatable bonds is 5. The van der Waals surface area contributed by atoms with Gasteiger partial charge in [0.05, 0.1) is 17.9 Å². The Hall–Kier alpha value is -2.96. The van der Waals surface area contributed by atoms with Gasteiger partial charge in [0.1, 0.15) is 17.8 Å². The van der Waals surface area contributed by atoms with E-state index in [4.69, 9.17) is 4.74 Å². The summed E-state index contributed by atoms with van der Waals surface area (Å²) in [5.74, 6) is 0.603. The van der Waals surface area contributed by atoms with Crippen molar-refractivity contribution in [2.75, 3.05) is 29.9 Å². The summed E-state index contributed by atoms with van der Waals surface area (Å²) in [4.78, 5) is 35.3. The van der Waals surface area contributed by atoms with Crippen LogP contribution in [0.25, 0.3) is 0 Å². The molecule has 27 heavy (non-hydrogen) atoms. The van der Waals surface area contributed by atoms with E-state index in [1.807, 2.05) is 0 Å². The highest BCUT2D eigenvalue weighted by Crippen LogP contribution is 2.22. The number of carbonyl (C=O) groups excluding carboxylic acids is 2. The normalized spacial score (nSPS) is 14.7. The van der Waals surface area contributed by atoms with Crippen molar-refractivity contribution in [2.24, 2.45) is 5.92 Å². The van der Waals surface area contributed by atoms with Gasteiger partial charge in [-0.25, -0.2) is 14.8 Å². The first-order chi connectivity index (χ1) is 13.1. The Balaban J connectivity index is 1.76. The molecule has 1 saturated heterocycles. The largest absolute Gasteiger partial charge is 0.462 e. The van der Waals surface area contributed by atoms with Crippen molar-refractivity contribution in [1.29, 1.82) is 0 Å². The maximum atomic E-state index is 12.7. The Morgan fingerprint density at radius 3 is 2.70 bits per heavy atom. The van der Waals surface area contributed by atoms with Crippen LogP contribution in [0.4, 0.5) is 11.5 Å². The van der Waals surface area contributed by atoms with E-state index in [2.05, 4.69) is 27.1 Å². The summed E-state index contributed by atoms with van der Waals surface area (Å²) in [5.41, 5.74) is 0.970. The van der Waals surface area contributed by atoms with Crippen molar-refractivity contribution in [1.82, 2.24) is 9.97 Å². The van der Waals surface area contributed by atoms with Crippen LogP contribution in [-0.2, 0) is 4.74 Å². The van der Waals surface area contributed by atoms with Crippen LogP contribution in [0.3, 0.4) is 0 Å². The van der Waals surface area contributed by atoms with Crippen LogP contribution in [0.1, 0.15) is 47.5 Å². The number of hydrogen-bond acceptors (Lipinski definition) is 6. The third-order valence-electron chi connectivity index (χ3n) is 4.66. The molecule has 3 rings (SSSR count). The molecule has 0 unspecified atom stereocenters. The van der Waals surface area contributed by atoms with Crippen molar-refractivity contribution in [3.63, 3.8) is 0 Å². The lowest BCUT2D eigenvalue weighted by atomic mass is 9.99. The second-order valence-corrected chi connectivity index (χ2v) is 6.65. The minimum atomic E-state index is -0.473. The van der Waals surface area contributed by atoms with Gasteiger partial charge in [0.15, 0.2) is 0 Å². The Bertz CT molecular complexity index is 816. The molecule has 2 aromatic rings. The van der Waals surface area contributed by atoms with Gasteiger partial charge in [-0.15, -0.1) is 0 Å². The molecule has 0 aliphatic carbocycles. The van der Waals surface area contributed by atoms with Gasteiger partial charge in [-0.1, -0.05) is 19.1 Å². The van der Waals surface area contributed by atoms with Crippen LogP contribution < -0.4 is 10.2 Å². The van der Waals surface area contributed by atoms with Crippen molar-refractivity contribution in [3.05, 3.63) is 47.9 Å². The first-order valence-corrected chi connectivity index (χ1v) is 9.23. The molecule has 0 atom stereocenters. The highest BCUT2D eigenvalue weighted by molar-refractivity contribution is 6.07. The number of hydrogen-bond donors (Lipinski definition) is 1. The number of para-hydroxylation sites is 1. The minimum Gasteiger partial charge on any atom is -0.462 e. The second kappa shape index (κ2) is 8.62. The first kappa shape index (κ1) is 18.8. The van der Waals surface area contributed by atoms with E-state index in [9.17, 15) is 9.59 Å². The molecule has 1 aliphatic rings. The van der Waals surface area contributed by atoms with Gasteiger partial charge in [0.2, 0.25) is 0 Å². The highest BCUT2D eigenvalue weighted by Gasteiger charge is 2.20. The molecule has 0 radical (unpaired) electrons. The number of amides is 1. The van der Waals surface area contributed by atoms with E-state index in [0.717, 1.165) is 31.7 Å². The van der Waals surface area contributed by atoms with Gasteiger partial charge in [-0.2, -0.15) is 0 Å². The average Bonchev–Trinajstić information content (AvgIpc) is 2.69. The molecule has 1 amide bonds. The van der Waals surface area contributed by atoms with Crippen molar-refractivity contribution in [3.8, 4) is 0 Å². The number of aromatic nitrogens is 2. The number of benzene rings is 1. The van der Waals surface area contributed by atoms with Crippen molar-refractivity contribution >= 4 is 23.4 Å². The monoisotopic (exact) mass is 368 g/mol. The lowest BCUT2D eigenvalue weighted by Gasteiger charge is -2.31. The van der Waals surface area contributed by atoms with Crippen LogP contribution in [0.15, 0.2) is 36.7 Å². The van der Waals surface area contributed by atoms with Crippen LogP contribution in [0.5, 0.6) is 0 Å². The fourth-order valence-corrected chi connectivity index (χ4v) is 3.05. The van der Waals surface area contributed by atoms with E-state index >= 15 is 0 Å². The molecule has 0 saturated carbocycles. The summed E-state index contributed by atoms with van der Waals surface area (Å²) in [6, 6.07) is 8.45. The summed E-state index contributed by atoms with van der Waals surface area (Å²) in [6.45, 7) is 6.10. The predicted molar refractivity (Wildman–Crippen MR) is 103 cm³/mol. The molecular weight excluding hydrogens is 344 g/mol. The molecule has 2 heterocycles. The molecule has 7 heteroatoms. The quantitative estimate of drug-likeness (QED) is 0.816. The third kappa shape index (κ3) is 4.61. The van der Waals surface area contributed by atoms with Crippen molar-refractivity contribution < 1.29 is 14.3 Å². The molecule has 1 aromatic heterocycles. The summed E-state index contributed by atoms with van der Waals surface area (Å²) in [6.07, 6.45) is 3.62. The third-order valence-corrected chi connectivity index (χ3v) is 4.66. The number of esters is 1. The maximum absolute atomic E-state index is 12.7. The van der Waals surface area contributed by atoms with Crippen LogP contribution in [0, 0.1) is 5.92 Å². The first-order valence-electron chi connectivity index (χ1n) is 9.23. The minimum absolute atomic E-state index is 0.261. The zero-order valence-corrected chi connectivity index (χ0v) is 15.6. The fourth-order valence-electron chi connectivity index (χ4n) is 3.05. The number of carbonyl (C=O) groups is 2. The van der Waals surface area contributed by atoms with E-state index in [1.165, 1.54) is 6.33 Å². The number of ether oxygens (including phenoxy) is 1. The number of piperidine rings is 1. The van der Waals surface area contributed by atoms with Crippen LogP contribution >= 0.6 is 0 Å². The summed E-state index contributed by atoms with van der Waals surface area (Å²) >= 11 is 0. The van der Waals surface area contributed by atoms with E-state index in [0.29, 0.717) is 17.2 Å². The summed E-state index contributed by atoms with van der Waals surface area (Å²) in [7, 11) is 0. The zero-order chi connectivity index (χ0) is 19.2. The predicted octanol–water partition coefficient (Wildman–Crippen LogP) is 3.14. The lowest BCUT2D eigenvalue weighted by molar-refractivity contribution is 0.0527. The number of anilines is 2. The molecule has 0 bridgehead atoms. The van der Waals surface area contributed by atoms with Crippen LogP contribution in [0.2, 0.25) is 0 Å². The maximum Gasteiger partial charge on any atom is 0.340 e. The average molecular weight is 368 g/mol. The van der Waals surface area contributed by atoms with E-state index < -0.39 is 5.97 Å². The summed E-state index contributed by atoms with van der Waals surface area (Å²) < 4.78 is 5.04. The molecule has 0 spiro atoms. The fraction of sp³-hybridized carbons (Fsp3) is 0.400. The van der Waals surface area contributed by atoms with Gasteiger partial charge in [-0.3, -0.25) is 4.79 Å². The Labute approximate surface area is 158 Å². The van der Waals surface area contributed by atoms with Gasteiger partial charge < -0.3 is 15.0 Å². The van der Waals surface area contributed by atoms with Crippen molar-refractivity contribution in [2.45, 2.75) is 26.7 Å². The molecule has 1 fully saturated rings. The van der Waals surface area contributed by atoms with Gasteiger partial charge in [0, 0.05) is 19.2 Å². The Morgan fingerprint density at radius 2 is 1.96 bits per heavy atom. The molecule has 142 valence electrons.